The minimum Gasteiger partial charge on any atom is -0.381 e. The van der Waals surface area contributed by atoms with E-state index in [4.69, 9.17) is 0 Å². The standard InChI is InChI=1S/C14H18FN3/c1-10(2)18-9-12(8-17-18)7-16-13-5-4-11(3)14(15)6-13/h4-6,8-10,16H,7H2,1-3H3. The Morgan fingerprint density at radius 2 is 2.17 bits per heavy atom. The molecule has 4 heteroatoms. The first-order chi connectivity index (χ1) is 8.56. The zero-order chi connectivity index (χ0) is 13.1. The largest absolute Gasteiger partial charge is 0.381 e. The summed E-state index contributed by atoms with van der Waals surface area (Å²) < 4.78 is 15.3. The van der Waals surface area contributed by atoms with Crippen LogP contribution in [0.2, 0.25) is 0 Å². The molecule has 0 bridgehead atoms. The molecule has 0 aliphatic carbocycles. The van der Waals surface area contributed by atoms with Crippen LogP contribution in [0.1, 0.15) is 31.0 Å². The first-order valence-corrected chi connectivity index (χ1v) is 6.09. The van der Waals surface area contributed by atoms with Crippen molar-refractivity contribution in [1.82, 2.24) is 9.78 Å². The molecular weight excluding hydrogens is 229 g/mol. The van der Waals surface area contributed by atoms with Gasteiger partial charge in [-0.3, -0.25) is 4.68 Å². The second-order valence-corrected chi connectivity index (χ2v) is 4.74. The molecule has 0 fully saturated rings. The lowest BCUT2D eigenvalue weighted by Crippen LogP contribution is -2.01. The maximum absolute atomic E-state index is 13.4. The number of halogens is 1. The van der Waals surface area contributed by atoms with E-state index in [-0.39, 0.29) is 5.82 Å². The lowest BCUT2D eigenvalue weighted by molar-refractivity contribution is 0.532. The normalized spacial score (nSPS) is 10.9. The van der Waals surface area contributed by atoms with Crippen LogP contribution in [0.5, 0.6) is 0 Å². The maximum atomic E-state index is 13.4. The third kappa shape index (κ3) is 2.88. The first-order valence-electron chi connectivity index (χ1n) is 6.09. The van der Waals surface area contributed by atoms with E-state index in [1.54, 1.807) is 13.0 Å². The fraction of sp³-hybridized carbons (Fsp3) is 0.357. The Labute approximate surface area is 107 Å². The number of rotatable bonds is 4. The molecule has 18 heavy (non-hydrogen) atoms. The van der Waals surface area contributed by atoms with E-state index >= 15 is 0 Å². The number of anilines is 1. The van der Waals surface area contributed by atoms with E-state index in [0.717, 1.165) is 11.3 Å². The summed E-state index contributed by atoms with van der Waals surface area (Å²) in [5.74, 6) is -0.183. The third-order valence-electron chi connectivity index (χ3n) is 2.85. The van der Waals surface area contributed by atoms with Gasteiger partial charge in [0.25, 0.3) is 0 Å². The molecule has 1 N–H and O–H groups in total. The summed E-state index contributed by atoms with van der Waals surface area (Å²) in [5.41, 5.74) is 2.54. The van der Waals surface area contributed by atoms with E-state index < -0.39 is 0 Å². The molecule has 0 aliphatic heterocycles. The van der Waals surface area contributed by atoms with Crippen LogP contribution in [0.25, 0.3) is 0 Å². The monoisotopic (exact) mass is 247 g/mol. The van der Waals surface area contributed by atoms with Gasteiger partial charge in [0.15, 0.2) is 0 Å². The molecule has 3 nitrogen and oxygen atoms in total. The highest BCUT2D eigenvalue weighted by Crippen LogP contribution is 2.15. The van der Waals surface area contributed by atoms with Gasteiger partial charge in [-0.2, -0.15) is 5.10 Å². The lowest BCUT2D eigenvalue weighted by atomic mass is 10.2. The van der Waals surface area contributed by atoms with Crippen LogP contribution >= 0.6 is 0 Å². The van der Waals surface area contributed by atoms with Crippen molar-refractivity contribution in [3.63, 3.8) is 0 Å². The number of aryl methyl sites for hydroxylation is 1. The fourth-order valence-corrected chi connectivity index (χ4v) is 1.66. The molecule has 0 amide bonds. The van der Waals surface area contributed by atoms with Gasteiger partial charge in [0.1, 0.15) is 5.82 Å². The van der Waals surface area contributed by atoms with E-state index in [0.29, 0.717) is 18.2 Å². The molecule has 0 radical (unpaired) electrons. The topological polar surface area (TPSA) is 29.9 Å². The van der Waals surface area contributed by atoms with Gasteiger partial charge in [-0.05, 0) is 38.5 Å². The molecule has 1 aromatic heterocycles. The molecular formula is C14H18FN3. The van der Waals surface area contributed by atoms with Crippen molar-refractivity contribution in [2.45, 2.75) is 33.4 Å². The molecule has 1 aromatic carbocycles. The Bertz CT molecular complexity index is 532. The van der Waals surface area contributed by atoms with Crippen LogP contribution in [0.15, 0.2) is 30.6 Å². The first kappa shape index (κ1) is 12.6. The lowest BCUT2D eigenvalue weighted by Gasteiger charge is -2.06. The molecule has 0 spiro atoms. The number of hydrogen-bond acceptors (Lipinski definition) is 2. The average Bonchev–Trinajstić information content (AvgIpc) is 2.79. The Morgan fingerprint density at radius 1 is 1.39 bits per heavy atom. The van der Waals surface area contributed by atoms with Crippen LogP contribution in [0, 0.1) is 12.7 Å². The summed E-state index contributed by atoms with van der Waals surface area (Å²) in [6, 6.07) is 5.53. The molecule has 0 unspecified atom stereocenters. The Hall–Kier alpha value is -1.84. The molecule has 1 heterocycles. The van der Waals surface area contributed by atoms with Gasteiger partial charge in [0.05, 0.1) is 6.20 Å². The second-order valence-electron chi connectivity index (χ2n) is 4.74. The number of nitrogens with zero attached hydrogens (tertiary/aromatic N) is 2. The number of benzene rings is 1. The summed E-state index contributed by atoms with van der Waals surface area (Å²) in [5, 5.41) is 7.45. The van der Waals surface area contributed by atoms with Crippen molar-refractivity contribution in [1.29, 1.82) is 0 Å². The third-order valence-corrected chi connectivity index (χ3v) is 2.85. The van der Waals surface area contributed by atoms with Gasteiger partial charge in [-0.1, -0.05) is 6.07 Å². The van der Waals surface area contributed by atoms with E-state index in [1.165, 1.54) is 6.07 Å². The summed E-state index contributed by atoms with van der Waals surface area (Å²) in [7, 11) is 0. The SMILES string of the molecule is Cc1ccc(NCc2cnn(C(C)C)c2)cc1F. The van der Waals surface area contributed by atoms with E-state index in [1.807, 2.05) is 23.1 Å². The highest BCUT2D eigenvalue weighted by Gasteiger charge is 2.03. The smallest absolute Gasteiger partial charge is 0.128 e. The van der Waals surface area contributed by atoms with Gasteiger partial charge in [-0.15, -0.1) is 0 Å². The predicted molar refractivity (Wildman–Crippen MR) is 71.1 cm³/mol. The summed E-state index contributed by atoms with van der Waals surface area (Å²) in [4.78, 5) is 0. The predicted octanol–water partition coefficient (Wildman–Crippen LogP) is 3.52. The van der Waals surface area contributed by atoms with Gasteiger partial charge in [0, 0.05) is 30.0 Å². The van der Waals surface area contributed by atoms with E-state index in [2.05, 4.69) is 24.3 Å². The van der Waals surface area contributed by atoms with Crippen molar-refractivity contribution in [2.75, 3.05) is 5.32 Å². The maximum Gasteiger partial charge on any atom is 0.128 e. The molecule has 2 rings (SSSR count). The zero-order valence-electron chi connectivity index (χ0n) is 10.9. The Balaban J connectivity index is 2.00. The number of hydrogen-bond donors (Lipinski definition) is 1. The van der Waals surface area contributed by atoms with Crippen molar-refractivity contribution in [2.24, 2.45) is 0 Å². The Morgan fingerprint density at radius 3 is 2.78 bits per heavy atom. The van der Waals surface area contributed by atoms with Gasteiger partial charge in [-0.25, -0.2) is 4.39 Å². The minimum atomic E-state index is -0.183. The second kappa shape index (κ2) is 5.21. The molecule has 0 saturated heterocycles. The van der Waals surface area contributed by atoms with Crippen LogP contribution < -0.4 is 5.32 Å². The fourth-order valence-electron chi connectivity index (χ4n) is 1.66. The summed E-state index contributed by atoms with van der Waals surface area (Å²) >= 11 is 0. The quantitative estimate of drug-likeness (QED) is 0.895. The van der Waals surface area contributed by atoms with Crippen LogP contribution in [0.3, 0.4) is 0 Å². The van der Waals surface area contributed by atoms with Crippen LogP contribution in [-0.4, -0.2) is 9.78 Å². The van der Waals surface area contributed by atoms with Gasteiger partial charge >= 0.3 is 0 Å². The molecule has 0 saturated carbocycles. The van der Waals surface area contributed by atoms with Crippen LogP contribution in [0.4, 0.5) is 10.1 Å². The molecule has 96 valence electrons. The van der Waals surface area contributed by atoms with Crippen LogP contribution in [-0.2, 0) is 6.54 Å². The van der Waals surface area contributed by atoms with Gasteiger partial charge in [0.2, 0.25) is 0 Å². The van der Waals surface area contributed by atoms with Crippen molar-refractivity contribution in [3.05, 3.63) is 47.5 Å². The zero-order valence-corrected chi connectivity index (χ0v) is 10.9. The molecule has 2 aromatic rings. The van der Waals surface area contributed by atoms with Crippen molar-refractivity contribution >= 4 is 5.69 Å². The Kier molecular flexibility index (Phi) is 3.65. The average molecular weight is 247 g/mol. The highest BCUT2D eigenvalue weighted by atomic mass is 19.1. The summed E-state index contributed by atoms with van der Waals surface area (Å²) in [6.07, 6.45) is 3.83. The molecule has 0 aliphatic rings. The number of aromatic nitrogens is 2. The number of nitrogens with one attached hydrogen (secondary N) is 1. The van der Waals surface area contributed by atoms with Crippen molar-refractivity contribution in [3.8, 4) is 0 Å². The summed E-state index contributed by atoms with van der Waals surface area (Å²) in [6.45, 7) is 6.57. The van der Waals surface area contributed by atoms with Crippen molar-refractivity contribution < 1.29 is 4.39 Å². The van der Waals surface area contributed by atoms with Gasteiger partial charge < -0.3 is 5.32 Å². The highest BCUT2D eigenvalue weighted by molar-refractivity contribution is 5.45. The van der Waals surface area contributed by atoms with E-state index in [9.17, 15) is 4.39 Å². The molecule has 0 atom stereocenters. The minimum absolute atomic E-state index is 0.183.